The fourth-order valence-electron chi connectivity index (χ4n) is 2.55. The number of nitrogens with one attached hydrogen (secondary N) is 2. The van der Waals surface area contributed by atoms with Gasteiger partial charge in [-0.25, -0.2) is 8.42 Å². The SMILES string of the molecule is CCCc1ccc(S(=O)(=O)Nc2ccc(NC(=O)C3CC3)cc2)cc1. The van der Waals surface area contributed by atoms with Gasteiger partial charge in [0.25, 0.3) is 10.0 Å². The van der Waals surface area contributed by atoms with Gasteiger partial charge < -0.3 is 5.32 Å². The summed E-state index contributed by atoms with van der Waals surface area (Å²) < 4.78 is 27.5. The summed E-state index contributed by atoms with van der Waals surface area (Å²) in [4.78, 5) is 12.0. The first kappa shape index (κ1) is 17.5. The Kier molecular flexibility index (Phi) is 5.08. The Hall–Kier alpha value is -2.34. The number of hydrogen-bond acceptors (Lipinski definition) is 3. The van der Waals surface area contributed by atoms with E-state index in [9.17, 15) is 13.2 Å². The summed E-state index contributed by atoms with van der Waals surface area (Å²) in [5.41, 5.74) is 2.25. The van der Waals surface area contributed by atoms with Crippen LogP contribution in [0.15, 0.2) is 53.4 Å². The number of sulfonamides is 1. The molecule has 0 aliphatic heterocycles. The van der Waals surface area contributed by atoms with Gasteiger partial charge in [0.15, 0.2) is 0 Å². The molecule has 2 aromatic carbocycles. The number of aryl methyl sites for hydroxylation is 1. The molecule has 5 nitrogen and oxygen atoms in total. The molecule has 3 rings (SSSR count). The standard InChI is InChI=1S/C19H22N2O3S/c1-2-3-14-4-12-18(13-5-14)25(23,24)21-17-10-8-16(9-11-17)20-19(22)15-6-7-15/h4-5,8-13,15,21H,2-3,6-7H2,1H3,(H,20,22). The van der Waals surface area contributed by atoms with Crippen LogP contribution in [-0.4, -0.2) is 14.3 Å². The molecule has 1 amide bonds. The van der Waals surface area contributed by atoms with Crippen molar-refractivity contribution in [2.45, 2.75) is 37.5 Å². The van der Waals surface area contributed by atoms with Crippen molar-refractivity contribution >= 4 is 27.3 Å². The van der Waals surface area contributed by atoms with E-state index in [1.54, 1.807) is 36.4 Å². The maximum atomic E-state index is 12.5. The highest BCUT2D eigenvalue weighted by atomic mass is 32.2. The molecule has 2 aromatic rings. The average molecular weight is 358 g/mol. The van der Waals surface area contributed by atoms with E-state index in [2.05, 4.69) is 17.0 Å². The van der Waals surface area contributed by atoms with Gasteiger partial charge in [0, 0.05) is 17.3 Å². The zero-order valence-electron chi connectivity index (χ0n) is 14.2. The number of anilines is 2. The summed E-state index contributed by atoms with van der Waals surface area (Å²) in [6, 6.07) is 13.6. The molecule has 25 heavy (non-hydrogen) atoms. The lowest BCUT2D eigenvalue weighted by Gasteiger charge is -2.10. The third-order valence-electron chi connectivity index (χ3n) is 4.13. The highest BCUT2D eigenvalue weighted by Gasteiger charge is 2.29. The fourth-order valence-corrected chi connectivity index (χ4v) is 3.61. The minimum Gasteiger partial charge on any atom is -0.326 e. The number of benzene rings is 2. The highest BCUT2D eigenvalue weighted by molar-refractivity contribution is 7.92. The first-order chi connectivity index (χ1) is 12.0. The van der Waals surface area contributed by atoms with Crippen LogP contribution in [0.5, 0.6) is 0 Å². The molecule has 0 atom stereocenters. The summed E-state index contributed by atoms with van der Waals surface area (Å²) in [6.45, 7) is 2.09. The minimum atomic E-state index is -3.62. The Morgan fingerprint density at radius 1 is 1.00 bits per heavy atom. The molecule has 6 heteroatoms. The molecule has 0 bridgehead atoms. The van der Waals surface area contributed by atoms with Crippen LogP contribution in [0.4, 0.5) is 11.4 Å². The van der Waals surface area contributed by atoms with Crippen molar-refractivity contribution in [2.75, 3.05) is 10.0 Å². The van der Waals surface area contributed by atoms with E-state index in [1.807, 2.05) is 12.1 Å². The predicted octanol–water partition coefficient (Wildman–Crippen LogP) is 3.79. The first-order valence-corrected chi connectivity index (χ1v) is 9.99. The molecule has 1 saturated carbocycles. The van der Waals surface area contributed by atoms with Gasteiger partial charge in [-0.15, -0.1) is 0 Å². The van der Waals surface area contributed by atoms with Crippen LogP contribution in [0, 0.1) is 5.92 Å². The summed E-state index contributed by atoms with van der Waals surface area (Å²) in [7, 11) is -3.62. The van der Waals surface area contributed by atoms with E-state index in [0.29, 0.717) is 11.4 Å². The Morgan fingerprint density at radius 3 is 2.16 bits per heavy atom. The quantitative estimate of drug-likeness (QED) is 0.791. The van der Waals surface area contributed by atoms with E-state index in [-0.39, 0.29) is 16.7 Å². The van der Waals surface area contributed by atoms with Crippen molar-refractivity contribution in [3.63, 3.8) is 0 Å². The van der Waals surface area contributed by atoms with Crippen molar-refractivity contribution in [1.29, 1.82) is 0 Å². The van der Waals surface area contributed by atoms with E-state index in [1.165, 1.54) is 0 Å². The third-order valence-corrected chi connectivity index (χ3v) is 5.52. The van der Waals surface area contributed by atoms with Crippen LogP contribution in [0.2, 0.25) is 0 Å². The lowest BCUT2D eigenvalue weighted by atomic mass is 10.1. The van der Waals surface area contributed by atoms with Crippen LogP contribution in [0.3, 0.4) is 0 Å². The summed E-state index contributed by atoms with van der Waals surface area (Å²) in [5.74, 6) is 0.161. The maximum absolute atomic E-state index is 12.5. The summed E-state index contributed by atoms with van der Waals surface area (Å²) in [5, 5.41) is 2.83. The maximum Gasteiger partial charge on any atom is 0.261 e. The monoisotopic (exact) mass is 358 g/mol. The normalized spacial score (nSPS) is 14.1. The molecular weight excluding hydrogens is 336 g/mol. The smallest absolute Gasteiger partial charge is 0.261 e. The Bertz CT molecular complexity index is 839. The Labute approximate surface area is 148 Å². The van der Waals surface area contributed by atoms with Gasteiger partial charge in [0.05, 0.1) is 4.90 Å². The number of carbonyl (C=O) groups is 1. The van der Waals surface area contributed by atoms with Crippen LogP contribution in [0.1, 0.15) is 31.7 Å². The number of hydrogen-bond donors (Lipinski definition) is 2. The van der Waals surface area contributed by atoms with Crippen molar-refractivity contribution in [2.24, 2.45) is 5.92 Å². The molecular formula is C19H22N2O3S. The van der Waals surface area contributed by atoms with Gasteiger partial charge in [-0.2, -0.15) is 0 Å². The van der Waals surface area contributed by atoms with Crippen LogP contribution >= 0.6 is 0 Å². The van der Waals surface area contributed by atoms with Gasteiger partial charge in [0.2, 0.25) is 5.91 Å². The van der Waals surface area contributed by atoms with Crippen LogP contribution in [0.25, 0.3) is 0 Å². The molecule has 1 aliphatic rings. The van der Waals surface area contributed by atoms with Crippen molar-refractivity contribution in [1.82, 2.24) is 0 Å². The third kappa shape index (κ3) is 4.60. The van der Waals surface area contributed by atoms with E-state index < -0.39 is 10.0 Å². The van der Waals surface area contributed by atoms with Crippen molar-refractivity contribution in [3.8, 4) is 0 Å². The molecule has 0 saturated heterocycles. The number of amides is 1. The summed E-state index contributed by atoms with van der Waals surface area (Å²) in [6.07, 6.45) is 3.84. The molecule has 0 spiro atoms. The topological polar surface area (TPSA) is 75.3 Å². The Balaban J connectivity index is 1.66. The first-order valence-electron chi connectivity index (χ1n) is 8.50. The lowest BCUT2D eigenvalue weighted by Crippen LogP contribution is -2.14. The second kappa shape index (κ2) is 7.27. The van der Waals surface area contributed by atoms with Crippen LogP contribution in [-0.2, 0) is 21.2 Å². The van der Waals surface area contributed by atoms with Gasteiger partial charge in [-0.1, -0.05) is 25.5 Å². The van der Waals surface area contributed by atoms with Gasteiger partial charge in [-0.3, -0.25) is 9.52 Å². The second-order valence-corrected chi connectivity index (χ2v) is 8.02. The zero-order valence-corrected chi connectivity index (χ0v) is 15.0. The van der Waals surface area contributed by atoms with Crippen molar-refractivity contribution in [3.05, 3.63) is 54.1 Å². The van der Waals surface area contributed by atoms with Crippen LogP contribution < -0.4 is 10.0 Å². The van der Waals surface area contributed by atoms with E-state index in [4.69, 9.17) is 0 Å². The molecule has 0 radical (unpaired) electrons. The molecule has 0 unspecified atom stereocenters. The average Bonchev–Trinajstić information content (AvgIpc) is 3.42. The predicted molar refractivity (Wildman–Crippen MR) is 99.0 cm³/mol. The molecule has 2 N–H and O–H groups in total. The largest absolute Gasteiger partial charge is 0.326 e. The van der Waals surface area contributed by atoms with Gasteiger partial charge in [0.1, 0.15) is 0 Å². The molecule has 1 aliphatic carbocycles. The summed E-state index contributed by atoms with van der Waals surface area (Å²) >= 11 is 0. The Morgan fingerprint density at radius 2 is 1.60 bits per heavy atom. The van der Waals surface area contributed by atoms with E-state index in [0.717, 1.165) is 31.2 Å². The zero-order chi connectivity index (χ0) is 17.9. The van der Waals surface area contributed by atoms with Gasteiger partial charge >= 0.3 is 0 Å². The van der Waals surface area contributed by atoms with Gasteiger partial charge in [-0.05, 0) is 61.2 Å². The van der Waals surface area contributed by atoms with E-state index >= 15 is 0 Å². The number of carbonyl (C=O) groups excluding carboxylic acids is 1. The fraction of sp³-hybridized carbons (Fsp3) is 0.316. The molecule has 0 heterocycles. The highest BCUT2D eigenvalue weighted by Crippen LogP contribution is 2.30. The molecule has 0 aromatic heterocycles. The second-order valence-electron chi connectivity index (χ2n) is 6.34. The lowest BCUT2D eigenvalue weighted by molar-refractivity contribution is -0.117. The molecule has 1 fully saturated rings. The number of rotatable bonds is 7. The molecule has 132 valence electrons. The van der Waals surface area contributed by atoms with Crippen molar-refractivity contribution < 1.29 is 13.2 Å². The minimum absolute atomic E-state index is 0.0282.